The monoisotopic (exact) mass is 337 g/mol. The molecule has 2 aromatic heterocycles. The van der Waals surface area contributed by atoms with Crippen molar-refractivity contribution in [3.63, 3.8) is 0 Å². The highest BCUT2D eigenvalue weighted by Gasteiger charge is 2.23. The Labute approximate surface area is 132 Å². The summed E-state index contributed by atoms with van der Waals surface area (Å²) in [5.41, 5.74) is 0.768. The average molecular weight is 337 g/mol. The summed E-state index contributed by atoms with van der Waals surface area (Å²) in [5.74, 6) is 0.638. The Kier molecular flexibility index (Phi) is 4.23. The number of hydrogen-bond acceptors (Lipinski definition) is 5. The molecule has 0 aromatic carbocycles. The second-order valence-electron chi connectivity index (χ2n) is 4.93. The van der Waals surface area contributed by atoms with Crippen molar-refractivity contribution in [2.75, 3.05) is 11.4 Å². The number of pyridine rings is 1. The SMILES string of the molecule is O=C1CCCN1c1cc(CNS(=O)(=O)c2cccs2)ccn1. The number of nitrogens with zero attached hydrogens (tertiary/aromatic N) is 2. The lowest BCUT2D eigenvalue weighted by molar-refractivity contribution is -0.117. The van der Waals surface area contributed by atoms with Crippen molar-refractivity contribution in [1.29, 1.82) is 0 Å². The molecule has 1 amide bonds. The fourth-order valence-corrected chi connectivity index (χ4v) is 4.33. The molecule has 0 bridgehead atoms. The van der Waals surface area contributed by atoms with Crippen LogP contribution in [0.25, 0.3) is 0 Å². The summed E-state index contributed by atoms with van der Waals surface area (Å²) in [5, 5.41) is 1.72. The van der Waals surface area contributed by atoms with Gasteiger partial charge in [0.2, 0.25) is 15.9 Å². The van der Waals surface area contributed by atoms with Crippen molar-refractivity contribution in [3.05, 3.63) is 41.4 Å². The Bertz CT molecular complexity index is 772. The molecule has 1 aliphatic heterocycles. The van der Waals surface area contributed by atoms with E-state index < -0.39 is 10.0 Å². The van der Waals surface area contributed by atoms with Gasteiger partial charge in [0, 0.05) is 25.7 Å². The topological polar surface area (TPSA) is 79.4 Å². The number of rotatable bonds is 5. The summed E-state index contributed by atoms with van der Waals surface area (Å²) in [7, 11) is -3.49. The van der Waals surface area contributed by atoms with E-state index in [0.717, 1.165) is 12.0 Å². The molecule has 0 atom stereocenters. The van der Waals surface area contributed by atoms with Gasteiger partial charge in [-0.15, -0.1) is 11.3 Å². The number of anilines is 1. The smallest absolute Gasteiger partial charge is 0.250 e. The van der Waals surface area contributed by atoms with Gasteiger partial charge in [-0.2, -0.15) is 0 Å². The maximum absolute atomic E-state index is 12.1. The molecule has 2 aromatic rings. The van der Waals surface area contributed by atoms with Gasteiger partial charge >= 0.3 is 0 Å². The molecule has 8 heteroatoms. The third-order valence-electron chi connectivity index (χ3n) is 3.39. The van der Waals surface area contributed by atoms with E-state index in [4.69, 9.17) is 0 Å². The van der Waals surface area contributed by atoms with Gasteiger partial charge < -0.3 is 0 Å². The maximum Gasteiger partial charge on any atom is 0.250 e. The first-order valence-electron chi connectivity index (χ1n) is 6.85. The van der Waals surface area contributed by atoms with Gasteiger partial charge in [-0.05, 0) is 35.6 Å². The van der Waals surface area contributed by atoms with Crippen molar-refractivity contribution in [1.82, 2.24) is 9.71 Å². The van der Waals surface area contributed by atoms with E-state index in [1.54, 1.807) is 40.7 Å². The number of hydrogen-bond donors (Lipinski definition) is 1. The minimum absolute atomic E-state index is 0.0591. The van der Waals surface area contributed by atoms with Crippen LogP contribution in [0.3, 0.4) is 0 Å². The van der Waals surface area contributed by atoms with Crippen LogP contribution in [0.5, 0.6) is 0 Å². The summed E-state index contributed by atoms with van der Waals surface area (Å²) >= 11 is 1.17. The lowest BCUT2D eigenvalue weighted by Gasteiger charge is -2.15. The van der Waals surface area contributed by atoms with Crippen LogP contribution in [-0.2, 0) is 21.4 Å². The zero-order valence-electron chi connectivity index (χ0n) is 11.7. The minimum Gasteiger partial charge on any atom is -0.297 e. The summed E-state index contributed by atoms with van der Waals surface area (Å²) in [6.45, 7) is 0.827. The number of carbonyl (C=O) groups excluding carboxylic acids is 1. The molecular weight excluding hydrogens is 322 g/mol. The van der Waals surface area contributed by atoms with Crippen LogP contribution in [0.15, 0.2) is 40.1 Å². The Morgan fingerprint density at radius 2 is 2.23 bits per heavy atom. The zero-order chi connectivity index (χ0) is 15.6. The van der Waals surface area contributed by atoms with E-state index in [1.807, 2.05) is 0 Å². The van der Waals surface area contributed by atoms with Crippen molar-refractivity contribution in [2.45, 2.75) is 23.6 Å². The minimum atomic E-state index is -3.49. The van der Waals surface area contributed by atoms with Crippen molar-refractivity contribution >= 4 is 33.1 Å². The molecule has 0 spiro atoms. The highest BCUT2D eigenvalue weighted by atomic mass is 32.2. The molecule has 0 aliphatic carbocycles. The second kappa shape index (κ2) is 6.15. The van der Waals surface area contributed by atoms with Crippen LogP contribution < -0.4 is 9.62 Å². The average Bonchev–Trinajstić information content (AvgIpc) is 3.17. The molecule has 116 valence electrons. The van der Waals surface area contributed by atoms with Crippen LogP contribution in [-0.4, -0.2) is 25.9 Å². The Hall–Kier alpha value is -1.77. The molecule has 1 saturated heterocycles. The molecule has 0 saturated carbocycles. The summed E-state index contributed by atoms with van der Waals surface area (Å²) in [6.07, 6.45) is 2.96. The van der Waals surface area contributed by atoms with E-state index in [2.05, 4.69) is 9.71 Å². The predicted octanol–water partition coefficient (Wildman–Crippen LogP) is 1.75. The van der Waals surface area contributed by atoms with Gasteiger partial charge in [0.15, 0.2) is 0 Å². The molecule has 1 fully saturated rings. The van der Waals surface area contributed by atoms with Gasteiger partial charge in [-0.3, -0.25) is 9.69 Å². The van der Waals surface area contributed by atoms with Crippen LogP contribution in [0.2, 0.25) is 0 Å². The first-order valence-corrected chi connectivity index (χ1v) is 9.21. The fraction of sp³-hybridized carbons (Fsp3) is 0.286. The van der Waals surface area contributed by atoms with Crippen LogP contribution >= 0.6 is 11.3 Å². The number of carbonyl (C=O) groups is 1. The molecule has 1 N–H and O–H groups in total. The number of amides is 1. The number of aromatic nitrogens is 1. The van der Waals surface area contributed by atoms with E-state index in [9.17, 15) is 13.2 Å². The largest absolute Gasteiger partial charge is 0.297 e. The van der Waals surface area contributed by atoms with Crippen molar-refractivity contribution in [3.8, 4) is 0 Å². The van der Waals surface area contributed by atoms with Crippen molar-refractivity contribution in [2.24, 2.45) is 0 Å². The summed E-state index contributed by atoms with van der Waals surface area (Å²) in [4.78, 5) is 17.6. The molecule has 6 nitrogen and oxygen atoms in total. The fourth-order valence-electron chi connectivity index (χ4n) is 2.27. The zero-order valence-corrected chi connectivity index (χ0v) is 13.4. The number of nitrogens with one attached hydrogen (secondary N) is 1. The standard InChI is InChI=1S/C14H15N3O3S2/c18-13-3-1-7-17(13)12-9-11(5-6-15-12)10-16-22(19,20)14-4-2-8-21-14/h2,4-6,8-9,16H,1,3,7,10H2. The van der Waals surface area contributed by atoms with Crippen molar-refractivity contribution < 1.29 is 13.2 Å². The van der Waals surface area contributed by atoms with Crippen LogP contribution in [0, 0.1) is 0 Å². The number of sulfonamides is 1. The van der Waals surface area contributed by atoms with E-state index >= 15 is 0 Å². The van der Waals surface area contributed by atoms with Crippen LogP contribution in [0.4, 0.5) is 5.82 Å². The second-order valence-corrected chi connectivity index (χ2v) is 7.87. The first-order chi connectivity index (χ1) is 10.6. The van der Waals surface area contributed by atoms with E-state index in [0.29, 0.717) is 18.8 Å². The molecule has 22 heavy (non-hydrogen) atoms. The van der Waals surface area contributed by atoms with Gasteiger partial charge in [0.05, 0.1) is 0 Å². The quantitative estimate of drug-likeness (QED) is 0.901. The Balaban J connectivity index is 1.72. The third-order valence-corrected chi connectivity index (χ3v) is 6.18. The third kappa shape index (κ3) is 3.18. The van der Waals surface area contributed by atoms with Crippen LogP contribution in [0.1, 0.15) is 18.4 Å². The van der Waals surface area contributed by atoms with Gasteiger partial charge in [-0.1, -0.05) is 6.07 Å². The molecule has 1 aliphatic rings. The highest BCUT2D eigenvalue weighted by molar-refractivity contribution is 7.91. The predicted molar refractivity (Wildman–Crippen MR) is 84.2 cm³/mol. The van der Waals surface area contributed by atoms with Gasteiger partial charge in [-0.25, -0.2) is 18.1 Å². The van der Waals surface area contributed by atoms with E-state index in [-0.39, 0.29) is 16.7 Å². The molecular formula is C14H15N3O3S2. The molecule has 0 unspecified atom stereocenters. The first kappa shape index (κ1) is 15.1. The van der Waals surface area contributed by atoms with Gasteiger partial charge in [0.25, 0.3) is 0 Å². The van der Waals surface area contributed by atoms with E-state index in [1.165, 1.54) is 11.3 Å². The molecule has 0 radical (unpaired) electrons. The highest BCUT2D eigenvalue weighted by Crippen LogP contribution is 2.20. The maximum atomic E-state index is 12.1. The van der Waals surface area contributed by atoms with Gasteiger partial charge in [0.1, 0.15) is 10.0 Å². The Morgan fingerprint density at radius 1 is 1.36 bits per heavy atom. The molecule has 3 rings (SSSR count). The lowest BCUT2D eigenvalue weighted by atomic mass is 10.2. The normalized spacial score (nSPS) is 15.5. The molecule has 3 heterocycles. The summed E-state index contributed by atoms with van der Waals surface area (Å²) < 4.78 is 27.0. The Morgan fingerprint density at radius 3 is 2.91 bits per heavy atom. The summed E-state index contributed by atoms with van der Waals surface area (Å²) in [6, 6.07) is 6.75. The lowest BCUT2D eigenvalue weighted by Crippen LogP contribution is -2.25. The number of thiophene rings is 1.